The fourth-order valence-electron chi connectivity index (χ4n) is 1.13. The molecule has 6 heteroatoms. The van der Waals surface area contributed by atoms with E-state index in [4.69, 9.17) is 46.4 Å². The van der Waals surface area contributed by atoms with E-state index in [2.05, 4.69) is 0 Å². The van der Waals surface area contributed by atoms with Crippen LogP contribution in [-0.4, -0.2) is 24.1 Å². The molecule has 0 radical (unpaired) electrons. The lowest BCUT2D eigenvalue weighted by molar-refractivity contribution is 0.386. The normalized spacial score (nSPS) is 11.1. The fourth-order valence-corrected chi connectivity index (χ4v) is 2.07. The van der Waals surface area contributed by atoms with Crippen LogP contribution >= 0.6 is 46.4 Å². The van der Waals surface area contributed by atoms with Gasteiger partial charge in [0.25, 0.3) is 0 Å². The molecule has 0 saturated heterocycles. The highest BCUT2D eigenvalue weighted by Gasteiger charge is 2.19. The molecule has 0 atom stereocenters. The monoisotopic (exact) mass is 287 g/mol. The van der Waals surface area contributed by atoms with Gasteiger partial charge in [0.1, 0.15) is 10.8 Å². The van der Waals surface area contributed by atoms with Gasteiger partial charge >= 0.3 is 0 Å². The Morgan fingerprint density at radius 3 is 1.87 bits per heavy atom. The zero-order valence-corrected chi connectivity index (χ0v) is 11.1. The summed E-state index contributed by atoms with van der Waals surface area (Å²) in [6, 6.07) is 0. The maximum absolute atomic E-state index is 9.75. The molecule has 0 aliphatic heterocycles. The molecule has 0 spiro atoms. The molecule has 84 valence electrons. The van der Waals surface area contributed by atoms with Crippen LogP contribution in [0.25, 0.3) is 0 Å². The Morgan fingerprint density at radius 2 is 1.40 bits per heavy atom. The van der Waals surface area contributed by atoms with Crippen molar-refractivity contribution in [1.82, 2.24) is 4.90 Å². The van der Waals surface area contributed by atoms with E-state index in [1.807, 2.05) is 19.0 Å². The topological polar surface area (TPSA) is 23.5 Å². The van der Waals surface area contributed by atoms with E-state index in [0.29, 0.717) is 12.1 Å². The van der Waals surface area contributed by atoms with Gasteiger partial charge in [-0.3, -0.25) is 0 Å². The summed E-state index contributed by atoms with van der Waals surface area (Å²) >= 11 is 23.4. The number of benzene rings is 1. The molecule has 0 saturated carbocycles. The minimum atomic E-state index is -0.121. The minimum Gasteiger partial charge on any atom is -0.506 e. The summed E-state index contributed by atoms with van der Waals surface area (Å²) in [6.07, 6.45) is 0. The van der Waals surface area contributed by atoms with E-state index >= 15 is 0 Å². The Bertz CT molecular complexity index is 363. The van der Waals surface area contributed by atoms with Crippen molar-refractivity contribution < 1.29 is 5.11 Å². The van der Waals surface area contributed by atoms with Gasteiger partial charge in [-0.15, -0.1) is 0 Å². The summed E-state index contributed by atoms with van der Waals surface area (Å²) in [4.78, 5) is 1.83. The third kappa shape index (κ3) is 2.63. The molecule has 0 heterocycles. The number of phenolic OH excluding ortho intramolecular Hbond substituents is 1. The quantitative estimate of drug-likeness (QED) is 0.655. The molecule has 1 N–H and O–H groups in total. The molecule has 1 aromatic rings. The van der Waals surface area contributed by atoms with E-state index in [9.17, 15) is 5.11 Å². The van der Waals surface area contributed by atoms with Gasteiger partial charge in [-0.05, 0) is 14.1 Å². The molecule has 1 aromatic carbocycles. The molecule has 2 nitrogen and oxygen atoms in total. The van der Waals surface area contributed by atoms with Crippen LogP contribution in [0.2, 0.25) is 20.1 Å². The van der Waals surface area contributed by atoms with Crippen molar-refractivity contribution in [2.75, 3.05) is 14.1 Å². The van der Waals surface area contributed by atoms with Crippen LogP contribution < -0.4 is 0 Å². The highest BCUT2D eigenvalue weighted by Crippen LogP contribution is 2.45. The van der Waals surface area contributed by atoms with Crippen molar-refractivity contribution in [2.24, 2.45) is 0 Å². The average molecular weight is 289 g/mol. The summed E-state index contributed by atoms with van der Waals surface area (Å²) in [5, 5.41) is 10.2. The lowest BCUT2D eigenvalue weighted by Gasteiger charge is -2.15. The predicted molar refractivity (Wildman–Crippen MR) is 65.5 cm³/mol. The number of aromatic hydroxyl groups is 1. The van der Waals surface area contributed by atoms with E-state index in [-0.39, 0.29) is 25.8 Å². The summed E-state index contributed by atoms with van der Waals surface area (Å²) in [6.45, 7) is 0.432. The SMILES string of the molecule is CN(C)Cc1c(O)c(Cl)c(Cl)c(Cl)c1Cl. The summed E-state index contributed by atoms with van der Waals surface area (Å²) < 4.78 is 0. The van der Waals surface area contributed by atoms with E-state index in [1.54, 1.807) is 0 Å². The Balaban J connectivity index is 3.39. The Hall–Kier alpha value is 0.140. The fraction of sp³-hybridized carbons (Fsp3) is 0.333. The second-order valence-electron chi connectivity index (χ2n) is 3.32. The lowest BCUT2D eigenvalue weighted by atomic mass is 10.2. The molecule has 0 aliphatic rings. The largest absolute Gasteiger partial charge is 0.506 e. The standard InChI is InChI=1S/C9H9Cl4NO/c1-14(2)3-4-5(10)6(11)7(12)8(13)9(4)15/h15H,3H2,1-2H3. The van der Waals surface area contributed by atoms with Crippen LogP contribution in [0.5, 0.6) is 5.75 Å². The summed E-state index contributed by atoms with van der Waals surface area (Å²) in [5.41, 5.74) is 0.473. The number of phenols is 1. The van der Waals surface area contributed by atoms with Crippen LogP contribution in [0.4, 0.5) is 0 Å². The summed E-state index contributed by atoms with van der Waals surface area (Å²) in [5.74, 6) is -0.121. The second kappa shape index (κ2) is 4.98. The number of hydrogen-bond acceptors (Lipinski definition) is 2. The maximum atomic E-state index is 9.75. The van der Waals surface area contributed by atoms with Gasteiger partial charge in [0, 0.05) is 12.1 Å². The van der Waals surface area contributed by atoms with E-state index in [1.165, 1.54) is 0 Å². The van der Waals surface area contributed by atoms with Gasteiger partial charge in [-0.1, -0.05) is 46.4 Å². The molecular weight excluding hydrogens is 280 g/mol. The van der Waals surface area contributed by atoms with Crippen molar-refractivity contribution in [3.63, 3.8) is 0 Å². The second-order valence-corrected chi connectivity index (χ2v) is 4.83. The van der Waals surface area contributed by atoms with Crippen LogP contribution in [0, 0.1) is 0 Å². The van der Waals surface area contributed by atoms with Gasteiger partial charge in [0.05, 0.1) is 15.1 Å². The van der Waals surface area contributed by atoms with Crippen molar-refractivity contribution in [3.05, 3.63) is 25.7 Å². The van der Waals surface area contributed by atoms with Gasteiger partial charge in [-0.25, -0.2) is 0 Å². The van der Waals surface area contributed by atoms with Crippen molar-refractivity contribution in [3.8, 4) is 5.75 Å². The highest BCUT2D eigenvalue weighted by atomic mass is 35.5. The number of rotatable bonds is 2. The minimum absolute atomic E-state index is 0.0305. The van der Waals surface area contributed by atoms with Crippen molar-refractivity contribution in [2.45, 2.75) is 6.54 Å². The van der Waals surface area contributed by atoms with Crippen LogP contribution in [0.15, 0.2) is 0 Å². The van der Waals surface area contributed by atoms with Gasteiger partial charge in [0.2, 0.25) is 0 Å². The molecule has 1 rings (SSSR count). The first-order valence-electron chi connectivity index (χ1n) is 4.04. The van der Waals surface area contributed by atoms with Gasteiger partial charge in [-0.2, -0.15) is 0 Å². The van der Waals surface area contributed by atoms with E-state index in [0.717, 1.165) is 0 Å². The number of halogens is 4. The smallest absolute Gasteiger partial charge is 0.141 e. The molecule has 15 heavy (non-hydrogen) atoms. The van der Waals surface area contributed by atoms with Crippen LogP contribution in [0.1, 0.15) is 5.56 Å². The van der Waals surface area contributed by atoms with Crippen molar-refractivity contribution >= 4 is 46.4 Å². The molecule has 0 aliphatic carbocycles. The third-order valence-corrected chi connectivity index (χ3v) is 3.64. The average Bonchev–Trinajstić information content (AvgIpc) is 2.18. The molecule has 0 bridgehead atoms. The predicted octanol–water partition coefficient (Wildman–Crippen LogP) is 4.07. The Labute approximate surface area is 108 Å². The van der Waals surface area contributed by atoms with E-state index < -0.39 is 0 Å². The highest BCUT2D eigenvalue weighted by molar-refractivity contribution is 6.52. The van der Waals surface area contributed by atoms with Gasteiger partial charge in [0.15, 0.2) is 0 Å². The zero-order valence-electron chi connectivity index (χ0n) is 8.11. The third-order valence-electron chi connectivity index (χ3n) is 1.81. The first-order chi connectivity index (χ1) is 6.86. The molecule has 0 aromatic heterocycles. The van der Waals surface area contributed by atoms with Crippen LogP contribution in [0.3, 0.4) is 0 Å². The number of hydrogen-bond donors (Lipinski definition) is 1. The molecule has 0 fully saturated rings. The van der Waals surface area contributed by atoms with Gasteiger partial charge < -0.3 is 10.0 Å². The zero-order chi connectivity index (χ0) is 11.7. The lowest BCUT2D eigenvalue weighted by Crippen LogP contribution is -2.11. The van der Waals surface area contributed by atoms with Crippen LogP contribution in [-0.2, 0) is 6.54 Å². The Kier molecular flexibility index (Phi) is 4.38. The molecule has 0 unspecified atom stereocenters. The maximum Gasteiger partial charge on any atom is 0.141 e. The Morgan fingerprint density at radius 1 is 0.933 bits per heavy atom. The molecule has 0 amide bonds. The summed E-state index contributed by atoms with van der Waals surface area (Å²) in [7, 11) is 3.68. The number of nitrogens with zero attached hydrogens (tertiary/aromatic N) is 1. The molecular formula is C9H9Cl4NO. The first kappa shape index (κ1) is 13.2. The first-order valence-corrected chi connectivity index (χ1v) is 5.56. The van der Waals surface area contributed by atoms with Crippen molar-refractivity contribution in [1.29, 1.82) is 0 Å².